The molecule has 4 aliphatic heterocycles. The topological polar surface area (TPSA) is 11.4 Å². The van der Waals surface area contributed by atoms with Gasteiger partial charge in [-0.2, -0.15) is 0 Å². The molecule has 6 aliphatic rings. The van der Waals surface area contributed by atoms with E-state index in [0.29, 0.717) is 0 Å². The molecular formula is C72H69B2N3. The van der Waals surface area contributed by atoms with Gasteiger partial charge in [0.1, 0.15) is 0 Å². The van der Waals surface area contributed by atoms with E-state index in [1.165, 1.54) is 139 Å². The van der Waals surface area contributed by atoms with E-state index < -0.39 is 0 Å². The molecule has 9 aromatic rings. The molecule has 15 rings (SSSR count). The first-order valence-electron chi connectivity index (χ1n) is 28.5. The van der Waals surface area contributed by atoms with Crippen LogP contribution < -0.4 is 37.1 Å². The van der Waals surface area contributed by atoms with Crippen molar-refractivity contribution in [2.75, 3.05) is 9.80 Å². The fourth-order valence-electron chi connectivity index (χ4n) is 14.9. The lowest BCUT2D eigenvalue weighted by Crippen LogP contribution is -2.61. The monoisotopic (exact) mass is 998 g/mol. The van der Waals surface area contributed by atoms with Crippen molar-refractivity contribution in [1.82, 2.24) is 4.57 Å². The van der Waals surface area contributed by atoms with Crippen LogP contribution in [0.15, 0.2) is 175 Å². The van der Waals surface area contributed by atoms with E-state index in [4.69, 9.17) is 0 Å². The Balaban J connectivity index is 1.03. The van der Waals surface area contributed by atoms with Crippen molar-refractivity contribution in [2.45, 2.75) is 119 Å². The molecule has 0 radical (unpaired) electrons. The highest BCUT2D eigenvalue weighted by Gasteiger charge is 2.51. The van der Waals surface area contributed by atoms with E-state index in [1.54, 1.807) is 0 Å². The van der Waals surface area contributed by atoms with Crippen molar-refractivity contribution in [2.24, 2.45) is 10.8 Å². The number of fused-ring (bicyclic) bond motifs is 17. The molecule has 0 amide bonds. The molecular weight excluding hydrogens is 928 g/mol. The van der Waals surface area contributed by atoms with Gasteiger partial charge >= 0.3 is 0 Å². The normalized spacial score (nSPS) is 18.6. The second kappa shape index (κ2) is 15.3. The minimum absolute atomic E-state index is 0.00979. The highest BCUT2D eigenvalue weighted by molar-refractivity contribution is 6.99. The summed E-state index contributed by atoms with van der Waals surface area (Å²) in [5.74, 6) is 0.0947. The lowest BCUT2D eigenvalue weighted by molar-refractivity contribution is 0.169. The first kappa shape index (κ1) is 47.0. The van der Waals surface area contributed by atoms with Gasteiger partial charge in [0.2, 0.25) is 6.71 Å². The molecule has 0 fully saturated rings. The minimum Gasteiger partial charge on any atom is -0.312 e. The Kier molecular flexibility index (Phi) is 9.33. The molecule has 1 aromatic heterocycles. The van der Waals surface area contributed by atoms with Crippen LogP contribution in [0.4, 0.5) is 28.4 Å². The predicted molar refractivity (Wildman–Crippen MR) is 331 cm³/mol. The second-order valence-electron chi connectivity index (χ2n) is 28.0. The van der Waals surface area contributed by atoms with E-state index in [-0.39, 0.29) is 46.4 Å². The molecule has 2 atom stereocenters. The molecule has 0 N–H and O–H groups in total. The number of hydrogen-bond acceptors (Lipinski definition) is 2. The number of hydrogen-bond donors (Lipinski definition) is 0. The van der Waals surface area contributed by atoms with Crippen molar-refractivity contribution in [3.8, 4) is 16.8 Å². The lowest BCUT2D eigenvalue weighted by Gasteiger charge is -2.48. The van der Waals surface area contributed by atoms with Crippen molar-refractivity contribution in [1.29, 1.82) is 0 Å². The average molecular weight is 998 g/mol. The summed E-state index contributed by atoms with van der Waals surface area (Å²) in [6.07, 6.45) is 6.28. The maximum Gasteiger partial charge on any atom is 0.251 e. The summed E-state index contributed by atoms with van der Waals surface area (Å²) >= 11 is 0. The first-order chi connectivity index (χ1) is 36.6. The zero-order valence-electron chi connectivity index (χ0n) is 47.4. The number of para-hydroxylation sites is 1. The van der Waals surface area contributed by atoms with Gasteiger partial charge in [0, 0.05) is 62.1 Å². The summed E-state index contributed by atoms with van der Waals surface area (Å²) in [5.41, 5.74) is 31.4. The van der Waals surface area contributed by atoms with Crippen LogP contribution >= 0.6 is 0 Å². The highest BCUT2D eigenvalue weighted by atomic mass is 15.2. The quantitative estimate of drug-likeness (QED) is 0.160. The van der Waals surface area contributed by atoms with Gasteiger partial charge in [0.25, 0.3) is 6.71 Å². The lowest BCUT2D eigenvalue weighted by atomic mass is 9.31. The standard InChI is InChI=1S/C72H69B2N3/c1-68(2,3)42-22-27-45(28-23-42)75-57-35-26-44(70(7,8)9)40-54(57)73-52-19-15-14-18-49(52)61-50-32-31-47-48-33-36-60-65-67(48)77(66(47)62(50)51-34-37-59(75)64(73)63(51)61)56-21-17-16-20-53(56)74(65)55-41-72(13,71(10,11)12)39-38-58(55)76(60)46-29-24-43(25-30-46)69(4,5)6/h14-38,40-41,61H,39H2,1-13H3. The van der Waals surface area contributed by atoms with Crippen LogP contribution in [0.1, 0.15) is 136 Å². The third-order valence-corrected chi connectivity index (χ3v) is 19.6. The fraction of sp³-hybridized carbons (Fsp3) is 0.278. The number of rotatable bonds is 2. The van der Waals surface area contributed by atoms with Crippen LogP contribution in [0, 0.1) is 10.8 Å². The highest BCUT2D eigenvalue weighted by Crippen LogP contribution is 2.57. The van der Waals surface area contributed by atoms with Crippen LogP contribution in [-0.4, -0.2) is 18.0 Å². The number of aromatic nitrogens is 1. The second-order valence-corrected chi connectivity index (χ2v) is 28.0. The molecule has 3 nitrogen and oxygen atoms in total. The third-order valence-electron chi connectivity index (χ3n) is 19.6. The smallest absolute Gasteiger partial charge is 0.251 e. The maximum absolute atomic E-state index is 2.73. The van der Waals surface area contributed by atoms with Crippen molar-refractivity contribution >= 4 is 91.0 Å². The van der Waals surface area contributed by atoms with Crippen molar-refractivity contribution < 1.29 is 0 Å². The summed E-state index contributed by atoms with van der Waals surface area (Å²) < 4.78 is 2.73. The van der Waals surface area contributed by atoms with E-state index in [1.807, 2.05) is 0 Å². The van der Waals surface area contributed by atoms with Crippen molar-refractivity contribution in [3.63, 3.8) is 0 Å². The number of benzene rings is 8. The number of nitrogens with zero attached hydrogens (tertiary/aromatic N) is 3. The van der Waals surface area contributed by atoms with Gasteiger partial charge < -0.3 is 14.4 Å². The zero-order chi connectivity index (χ0) is 53.2. The largest absolute Gasteiger partial charge is 0.312 e. The van der Waals surface area contributed by atoms with Crippen LogP contribution in [-0.2, 0) is 16.2 Å². The number of allylic oxidation sites excluding steroid dienone is 3. The molecule has 378 valence electrons. The van der Waals surface area contributed by atoms with Crippen LogP contribution in [0.3, 0.4) is 0 Å². The summed E-state index contributed by atoms with van der Waals surface area (Å²) in [7, 11) is 0. The molecule has 2 unspecified atom stereocenters. The summed E-state index contributed by atoms with van der Waals surface area (Å²) in [6.45, 7) is 30.9. The van der Waals surface area contributed by atoms with Crippen molar-refractivity contribution in [3.05, 3.63) is 208 Å². The van der Waals surface area contributed by atoms with E-state index in [0.717, 1.165) is 6.42 Å². The first-order valence-corrected chi connectivity index (χ1v) is 28.5. The summed E-state index contributed by atoms with van der Waals surface area (Å²) in [4.78, 5) is 5.21. The van der Waals surface area contributed by atoms with Gasteiger partial charge in [-0.25, -0.2) is 0 Å². The predicted octanol–water partition coefficient (Wildman–Crippen LogP) is 15.3. The Morgan fingerprint density at radius 1 is 0.481 bits per heavy atom. The van der Waals surface area contributed by atoms with Gasteiger partial charge in [-0.1, -0.05) is 211 Å². The Labute approximate surface area is 457 Å². The summed E-state index contributed by atoms with van der Waals surface area (Å²) in [5, 5.41) is 2.65. The summed E-state index contributed by atoms with van der Waals surface area (Å²) in [6, 6.07) is 60.1. The Hall–Kier alpha value is -7.23. The Morgan fingerprint density at radius 3 is 1.73 bits per heavy atom. The molecule has 0 saturated carbocycles. The Morgan fingerprint density at radius 2 is 1.05 bits per heavy atom. The van der Waals surface area contributed by atoms with E-state index in [2.05, 4.69) is 268 Å². The van der Waals surface area contributed by atoms with E-state index >= 15 is 0 Å². The SMILES string of the molecule is CC(C)(C)c1ccc(N2C3=CCC(C)(C(C)(C)C)C=C3B3c4ccccc4-n4c5c3c2ccc5c2ccc3c(c24)-c2ccc4c5c2C3c2ccccc2B5c2cc(C(C)(C)C)ccc2N4c2ccc(C(C)(C)C)cc2)cc1. The zero-order valence-corrected chi connectivity index (χ0v) is 47.4. The third kappa shape index (κ3) is 6.29. The molecule has 0 spiro atoms. The minimum atomic E-state index is -0.0303. The van der Waals surface area contributed by atoms with Gasteiger partial charge in [-0.05, 0) is 148 Å². The van der Waals surface area contributed by atoms with Crippen LogP contribution in [0.2, 0.25) is 0 Å². The van der Waals surface area contributed by atoms with Crippen LogP contribution in [0.5, 0.6) is 0 Å². The fourth-order valence-corrected chi connectivity index (χ4v) is 14.9. The average Bonchev–Trinajstić information content (AvgIpc) is 4.09. The molecule has 2 aliphatic carbocycles. The molecule has 8 aromatic carbocycles. The number of anilines is 5. The van der Waals surface area contributed by atoms with Crippen LogP contribution in [0.25, 0.3) is 38.6 Å². The van der Waals surface area contributed by atoms with E-state index in [9.17, 15) is 0 Å². The van der Waals surface area contributed by atoms with Gasteiger partial charge in [-0.15, -0.1) is 0 Å². The maximum atomic E-state index is 2.73. The molecule has 5 heterocycles. The Bertz CT molecular complexity index is 4140. The molecule has 77 heavy (non-hydrogen) atoms. The van der Waals surface area contributed by atoms with Gasteiger partial charge in [0.05, 0.1) is 11.0 Å². The molecule has 5 heteroatoms. The van der Waals surface area contributed by atoms with Gasteiger partial charge in [-0.3, -0.25) is 0 Å². The molecule has 0 saturated heterocycles. The molecule has 0 bridgehead atoms. The van der Waals surface area contributed by atoms with Gasteiger partial charge in [0.15, 0.2) is 0 Å².